The highest BCUT2D eigenvalue weighted by Crippen LogP contribution is 2.26. The second-order valence-electron chi connectivity index (χ2n) is 3.68. The maximum Gasteiger partial charge on any atom is 0.153 e. The summed E-state index contributed by atoms with van der Waals surface area (Å²) in [6.45, 7) is 1.74. The van der Waals surface area contributed by atoms with E-state index in [4.69, 9.17) is 11.6 Å². The Morgan fingerprint density at radius 3 is 2.83 bits per heavy atom. The molecule has 0 atom stereocenters. The molecule has 0 aliphatic rings. The van der Waals surface area contributed by atoms with E-state index in [1.165, 1.54) is 12.3 Å². The van der Waals surface area contributed by atoms with Gasteiger partial charge in [-0.25, -0.2) is 14.4 Å². The van der Waals surface area contributed by atoms with Gasteiger partial charge in [0, 0.05) is 12.7 Å². The number of nitrogens with one attached hydrogen (secondary N) is 2. The summed E-state index contributed by atoms with van der Waals surface area (Å²) in [6, 6.07) is 4.66. The van der Waals surface area contributed by atoms with Crippen LogP contribution in [0, 0.1) is 12.7 Å². The Kier molecular flexibility index (Phi) is 3.62. The van der Waals surface area contributed by atoms with Crippen LogP contribution in [0.1, 0.15) is 5.82 Å². The SMILES string of the molecule is CNc1ccc(F)c(Nc2nc(C)ncc2Cl)c1. The van der Waals surface area contributed by atoms with Gasteiger partial charge in [0.1, 0.15) is 16.7 Å². The van der Waals surface area contributed by atoms with E-state index < -0.39 is 0 Å². The quantitative estimate of drug-likeness (QED) is 0.894. The molecule has 2 aromatic rings. The third-order valence-corrected chi connectivity index (χ3v) is 2.65. The van der Waals surface area contributed by atoms with Crippen LogP contribution in [0.2, 0.25) is 5.02 Å². The molecule has 18 heavy (non-hydrogen) atoms. The molecular formula is C12H12ClFN4. The Morgan fingerprint density at radius 2 is 2.11 bits per heavy atom. The van der Waals surface area contributed by atoms with Gasteiger partial charge < -0.3 is 10.6 Å². The highest BCUT2D eigenvalue weighted by atomic mass is 35.5. The summed E-state index contributed by atoms with van der Waals surface area (Å²) < 4.78 is 13.6. The predicted molar refractivity (Wildman–Crippen MR) is 71.0 cm³/mol. The van der Waals surface area contributed by atoms with Gasteiger partial charge in [-0.2, -0.15) is 0 Å². The van der Waals surface area contributed by atoms with E-state index in [1.807, 2.05) is 0 Å². The van der Waals surface area contributed by atoms with Crippen LogP contribution in [-0.2, 0) is 0 Å². The predicted octanol–water partition coefficient (Wildman–Crippen LogP) is 3.36. The van der Waals surface area contributed by atoms with Crippen molar-refractivity contribution in [1.82, 2.24) is 9.97 Å². The minimum Gasteiger partial charge on any atom is -0.388 e. The first-order valence-electron chi connectivity index (χ1n) is 5.33. The summed E-state index contributed by atoms with van der Waals surface area (Å²) in [4.78, 5) is 8.07. The van der Waals surface area contributed by atoms with Gasteiger partial charge in [0.25, 0.3) is 0 Å². The zero-order valence-electron chi connectivity index (χ0n) is 9.96. The number of halogens is 2. The van der Waals surface area contributed by atoms with Crippen molar-refractivity contribution in [2.75, 3.05) is 17.7 Å². The van der Waals surface area contributed by atoms with Crippen molar-refractivity contribution in [3.8, 4) is 0 Å². The van der Waals surface area contributed by atoms with Crippen LogP contribution in [0.4, 0.5) is 21.6 Å². The minimum absolute atomic E-state index is 0.307. The molecule has 0 aliphatic carbocycles. The lowest BCUT2D eigenvalue weighted by Gasteiger charge is -2.10. The number of anilines is 3. The number of hydrogen-bond acceptors (Lipinski definition) is 4. The molecule has 2 N–H and O–H groups in total. The van der Waals surface area contributed by atoms with Crippen molar-refractivity contribution in [2.45, 2.75) is 6.92 Å². The highest BCUT2D eigenvalue weighted by Gasteiger charge is 2.08. The van der Waals surface area contributed by atoms with Gasteiger partial charge >= 0.3 is 0 Å². The molecule has 0 unspecified atom stereocenters. The second-order valence-corrected chi connectivity index (χ2v) is 4.09. The molecule has 6 heteroatoms. The first kappa shape index (κ1) is 12.6. The fourth-order valence-corrected chi connectivity index (χ4v) is 1.59. The van der Waals surface area contributed by atoms with Crippen molar-refractivity contribution in [1.29, 1.82) is 0 Å². The van der Waals surface area contributed by atoms with Crippen LogP contribution in [-0.4, -0.2) is 17.0 Å². The van der Waals surface area contributed by atoms with Crippen molar-refractivity contribution in [3.05, 3.63) is 41.1 Å². The molecule has 0 saturated carbocycles. The van der Waals surface area contributed by atoms with E-state index in [1.54, 1.807) is 26.1 Å². The first-order chi connectivity index (χ1) is 8.60. The fourth-order valence-electron chi connectivity index (χ4n) is 1.45. The standard InChI is InChI=1S/C12H12ClFN4/c1-7-16-6-9(13)12(17-7)18-11-5-8(15-2)3-4-10(11)14/h3-6,15H,1-2H3,(H,16,17,18). The van der Waals surface area contributed by atoms with Gasteiger partial charge in [-0.1, -0.05) is 11.6 Å². The number of rotatable bonds is 3. The van der Waals surface area contributed by atoms with Gasteiger partial charge in [-0.05, 0) is 25.1 Å². The lowest BCUT2D eigenvalue weighted by molar-refractivity contribution is 0.632. The molecule has 0 saturated heterocycles. The van der Waals surface area contributed by atoms with Crippen molar-refractivity contribution in [2.24, 2.45) is 0 Å². The molecule has 2 rings (SSSR count). The average Bonchev–Trinajstić information content (AvgIpc) is 2.36. The van der Waals surface area contributed by atoms with Crippen LogP contribution >= 0.6 is 11.6 Å². The van der Waals surface area contributed by atoms with Gasteiger partial charge in [-0.3, -0.25) is 0 Å². The summed E-state index contributed by atoms with van der Waals surface area (Å²) in [5, 5.41) is 6.13. The van der Waals surface area contributed by atoms with Crippen LogP contribution in [0.5, 0.6) is 0 Å². The number of nitrogens with zero attached hydrogens (tertiary/aromatic N) is 2. The molecule has 1 aromatic heterocycles. The molecule has 0 spiro atoms. The van der Waals surface area contributed by atoms with Gasteiger partial charge in [0.2, 0.25) is 0 Å². The summed E-state index contributed by atoms with van der Waals surface area (Å²) in [6.07, 6.45) is 1.48. The summed E-state index contributed by atoms with van der Waals surface area (Å²) in [5.41, 5.74) is 1.10. The molecule has 4 nitrogen and oxygen atoms in total. The highest BCUT2D eigenvalue weighted by molar-refractivity contribution is 6.32. The van der Waals surface area contributed by atoms with E-state index in [-0.39, 0.29) is 5.82 Å². The van der Waals surface area contributed by atoms with Crippen molar-refractivity contribution >= 4 is 28.8 Å². The van der Waals surface area contributed by atoms with E-state index in [2.05, 4.69) is 20.6 Å². The van der Waals surface area contributed by atoms with Gasteiger partial charge in [0.15, 0.2) is 5.82 Å². The van der Waals surface area contributed by atoms with E-state index in [0.29, 0.717) is 22.4 Å². The van der Waals surface area contributed by atoms with Gasteiger partial charge in [0.05, 0.1) is 11.9 Å². The largest absolute Gasteiger partial charge is 0.388 e. The molecule has 1 aromatic carbocycles. The Balaban J connectivity index is 2.36. The van der Waals surface area contributed by atoms with E-state index in [9.17, 15) is 4.39 Å². The molecule has 0 fully saturated rings. The zero-order valence-corrected chi connectivity index (χ0v) is 10.7. The maximum atomic E-state index is 13.6. The average molecular weight is 267 g/mol. The molecular weight excluding hydrogens is 255 g/mol. The third kappa shape index (κ3) is 2.68. The van der Waals surface area contributed by atoms with Crippen molar-refractivity contribution < 1.29 is 4.39 Å². The van der Waals surface area contributed by atoms with E-state index >= 15 is 0 Å². The van der Waals surface area contributed by atoms with Gasteiger partial charge in [-0.15, -0.1) is 0 Å². The summed E-state index contributed by atoms with van der Waals surface area (Å²) in [5.74, 6) is 0.574. The minimum atomic E-state index is -0.374. The normalized spacial score (nSPS) is 10.2. The fraction of sp³-hybridized carbons (Fsp3) is 0.167. The first-order valence-corrected chi connectivity index (χ1v) is 5.71. The van der Waals surface area contributed by atoms with Crippen molar-refractivity contribution in [3.63, 3.8) is 0 Å². The molecule has 1 heterocycles. The Morgan fingerprint density at radius 1 is 1.33 bits per heavy atom. The summed E-state index contributed by atoms with van der Waals surface area (Å²) >= 11 is 5.95. The van der Waals surface area contributed by atoms with E-state index in [0.717, 1.165) is 5.69 Å². The number of aromatic nitrogens is 2. The molecule has 0 bridgehead atoms. The lowest BCUT2D eigenvalue weighted by atomic mass is 10.2. The summed E-state index contributed by atoms with van der Waals surface area (Å²) in [7, 11) is 1.76. The number of hydrogen-bond donors (Lipinski definition) is 2. The second kappa shape index (κ2) is 5.18. The number of aryl methyl sites for hydroxylation is 1. The van der Waals surface area contributed by atoms with Crippen LogP contribution in [0.25, 0.3) is 0 Å². The molecule has 0 radical (unpaired) electrons. The maximum absolute atomic E-state index is 13.6. The topological polar surface area (TPSA) is 49.8 Å². The Labute approximate surface area is 109 Å². The molecule has 0 aliphatic heterocycles. The molecule has 0 amide bonds. The zero-order chi connectivity index (χ0) is 13.1. The lowest BCUT2D eigenvalue weighted by Crippen LogP contribution is -2.00. The van der Waals surface area contributed by atoms with Crippen LogP contribution in [0.15, 0.2) is 24.4 Å². The van der Waals surface area contributed by atoms with Crippen LogP contribution < -0.4 is 10.6 Å². The Bertz CT molecular complexity index is 574. The monoisotopic (exact) mass is 266 g/mol. The molecule has 94 valence electrons. The third-order valence-electron chi connectivity index (χ3n) is 2.37. The Hall–Kier alpha value is -1.88. The van der Waals surface area contributed by atoms with Crippen LogP contribution in [0.3, 0.4) is 0 Å². The smallest absolute Gasteiger partial charge is 0.153 e. The number of benzene rings is 1.